The van der Waals surface area contributed by atoms with Gasteiger partial charge in [0.15, 0.2) is 0 Å². The molecule has 0 bridgehead atoms. The number of fused-ring (bicyclic) bond motifs is 2. The zero-order valence-corrected chi connectivity index (χ0v) is 37.5. The maximum atomic E-state index is 9.93. The van der Waals surface area contributed by atoms with Gasteiger partial charge in [0.05, 0.1) is 11.0 Å². The number of anilines is 3. The predicted molar refractivity (Wildman–Crippen MR) is 294 cm³/mol. The van der Waals surface area contributed by atoms with Crippen LogP contribution in [0.25, 0.3) is 99.4 Å². The number of nitrogens with zero attached hydrogens (tertiary/aromatic N) is 1. The molecule has 0 aliphatic carbocycles. The lowest BCUT2D eigenvalue weighted by Gasteiger charge is -2.26. The van der Waals surface area contributed by atoms with Gasteiger partial charge in [-0.3, -0.25) is 0 Å². The van der Waals surface area contributed by atoms with Crippen LogP contribution in [0.15, 0.2) is 285 Å². The van der Waals surface area contributed by atoms with Crippen molar-refractivity contribution < 1.29 is 11.0 Å². The van der Waals surface area contributed by atoms with Gasteiger partial charge in [0.1, 0.15) is 0 Å². The van der Waals surface area contributed by atoms with Crippen molar-refractivity contribution in [1.29, 1.82) is 0 Å². The Morgan fingerprint density at radius 2 is 0.667 bits per heavy atom. The smallest absolute Gasteiger partial charge is 0.0645 e. The van der Waals surface area contributed by atoms with Gasteiger partial charge in [-0.15, -0.1) is 0 Å². The highest BCUT2D eigenvalue weighted by Gasteiger charge is 2.17. The highest BCUT2D eigenvalue weighted by Crippen LogP contribution is 2.43. The van der Waals surface area contributed by atoms with Gasteiger partial charge in [0.2, 0.25) is 0 Å². The summed E-state index contributed by atoms with van der Waals surface area (Å²) in [4.78, 5) is 1.37. The van der Waals surface area contributed by atoms with E-state index in [2.05, 4.69) is 66.7 Å². The first-order valence-electron chi connectivity index (χ1n) is 27.1. The van der Waals surface area contributed by atoms with Crippen LogP contribution in [0.2, 0.25) is 0 Å². The van der Waals surface area contributed by atoms with E-state index in [9.17, 15) is 11.0 Å². The highest BCUT2D eigenvalue weighted by atomic mass is 15.1. The van der Waals surface area contributed by atoms with Crippen LogP contribution in [-0.4, -0.2) is 0 Å². The Hall–Kier alpha value is -9.04. The topological polar surface area (TPSA) is 3.24 Å². The molecule has 0 N–H and O–H groups in total. The second-order valence-corrected chi connectivity index (χ2v) is 17.0. The van der Waals surface area contributed by atoms with Gasteiger partial charge in [0, 0.05) is 17.1 Å². The molecular weight excluding hydrogens is 831 g/mol. The molecule has 0 radical (unpaired) electrons. The molecule has 0 saturated heterocycles. The van der Waals surface area contributed by atoms with Gasteiger partial charge in [-0.25, -0.2) is 0 Å². The molecule has 324 valence electrons. The number of hydrogen-bond acceptors (Lipinski definition) is 1. The summed E-state index contributed by atoms with van der Waals surface area (Å²) in [5, 5.41) is 3.79. The van der Waals surface area contributed by atoms with Crippen molar-refractivity contribution in [1.82, 2.24) is 0 Å². The molecule has 0 unspecified atom stereocenters. The van der Waals surface area contributed by atoms with Crippen LogP contribution in [0.5, 0.6) is 0 Å². The lowest BCUT2D eigenvalue weighted by atomic mass is 9.89. The predicted octanol–water partition coefficient (Wildman–Crippen LogP) is 19.1. The summed E-state index contributed by atoms with van der Waals surface area (Å²) >= 11 is 0. The van der Waals surface area contributed by atoms with E-state index in [-0.39, 0.29) is 46.7 Å². The van der Waals surface area contributed by atoms with E-state index < -0.39 is 24.2 Å². The van der Waals surface area contributed by atoms with E-state index in [1.165, 1.54) is 4.90 Å². The third kappa shape index (κ3) is 8.18. The van der Waals surface area contributed by atoms with Crippen molar-refractivity contribution >= 4 is 38.6 Å². The average Bonchev–Trinajstić information content (AvgIpc) is 3.60. The summed E-state index contributed by atoms with van der Waals surface area (Å²) < 4.78 is 78.3. The fraction of sp³-hybridized carbons (Fsp3) is 0. The Morgan fingerprint density at radius 3 is 1.30 bits per heavy atom. The molecule has 12 aromatic rings. The van der Waals surface area contributed by atoms with Crippen LogP contribution < -0.4 is 4.90 Å². The Labute approximate surface area is 415 Å². The minimum absolute atomic E-state index is 0.0935. The number of rotatable bonds is 10. The highest BCUT2D eigenvalue weighted by molar-refractivity contribution is 6.04. The van der Waals surface area contributed by atoms with Crippen molar-refractivity contribution in [2.45, 2.75) is 0 Å². The third-order valence-electron chi connectivity index (χ3n) is 12.9. The summed E-state index contributed by atoms with van der Waals surface area (Å²) in [5.41, 5.74) is 10.6. The van der Waals surface area contributed by atoms with Gasteiger partial charge in [-0.05, 0) is 142 Å². The Kier molecular flexibility index (Phi) is 8.88. The Morgan fingerprint density at radius 1 is 0.232 bits per heavy atom. The molecule has 0 saturated carbocycles. The van der Waals surface area contributed by atoms with Gasteiger partial charge in [-0.2, -0.15) is 0 Å². The van der Waals surface area contributed by atoms with E-state index in [0.29, 0.717) is 16.8 Å². The van der Waals surface area contributed by atoms with Gasteiger partial charge in [0.25, 0.3) is 0 Å². The minimum atomic E-state index is -0.411. The second-order valence-electron chi connectivity index (χ2n) is 17.0. The molecule has 0 aliphatic rings. The molecule has 0 spiro atoms. The number of benzene rings is 12. The lowest BCUT2D eigenvalue weighted by molar-refractivity contribution is 1.28. The summed E-state index contributed by atoms with van der Waals surface area (Å²) in [7, 11) is 0. The van der Waals surface area contributed by atoms with E-state index in [0.717, 1.165) is 77.2 Å². The monoisotopic (exact) mass is 885 g/mol. The summed E-state index contributed by atoms with van der Waals surface area (Å²) in [6.45, 7) is 0. The fourth-order valence-corrected chi connectivity index (χ4v) is 9.42. The molecule has 0 heterocycles. The first kappa shape index (κ1) is 33.4. The van der Waals surface area contributed by atoms with Crippen LogP contribution in [0.3, 0.4) is 0 Å². The maximum absolute atomic E-state index is 9.93. The second kappa shape index (κ2) is 18.3. The number of hydrogen-bond donors (Lipinski definition) is 0. The normalized spacial score (nSPS) is 12.8. The molecular formula is C68H47N. The summed E-state index contributed by atoms with van der Waals surface area (Å²) in [6, 6.07) is 74.2. The van der Waals surface area contributed by atoms with Crippen LogP contribution in [-0.2, 0) is 0 Å². The van der Waals surface area contributed by atoms with Gasteiger partial charge < -0.3 is 4.90 Å². The molecule has 12 aromatic carbocycles. The lowest BCUT2D eigenvalue weighted by Crippen LogP contribution is -2.09. The van der Waals surface area contributed by atoms with E-state index in [1.807, 2.05) is 158 Å². The van der Waals surface area contributed by atoms with E-state index >= 15 is 0 Å². The first-order valence-corrected chi connectivity index (χ1v) is 23.1. The molecule has 12 rings (SSSR count). The molecule has 0 amide bonds. The van der Waals surface area contributed by atoms with Crippen LogP contribution >= 0.6 is 0 Å². The van der Waals surface area contributed by atoms with Gasteiger partial charge >= 0.3 is 0 Å². The van der Waals surface area contributed by atoms with Crippen LogP contribution in [0.4, 0.5) is 17.1 Å². The summed E-state index contributed by atoms with van der Waals surface area (Å²) in [5.74, 6) is 0. The fourth-order valence-electron chi connectivity index (χ4n) is 9.42. The van der Waals surface area contributed by atoms with Crippen molar-refractivity contribution in [3.63, 3.8) is 0 Å². The molecule has 0 atom stereocenters. The molecule has 0 aliphatic heterocycles. The maximum Gasteiger partial charge on any atom is 0.0645 e. The zero-order valence-electron chi connectivity index (χ0n) is 45.5. The minimum Gasteiger partial charge on any atom is -0.311 e. The molecule has 0 fully saturated rings. The largest absolute Gasteiger partial charge is 0.311 e. The zero-order chi connectivity index (χ0) is 52.9. The molecule has 1 heteroatoms. The van der Waals surface area contributed by atoms with Crippen molar-refractivity contribution in [2.75, 3.05) is 4.90 Å². The summed E-state index contributed by atoms with van der Waals surface area (Å²) in [6.07, 6.45) is 0. The van der Waals surface area contributed by atoms with E-state index in [1.54, 1.807) is 12.1 Å². The molecule has 69 heavy (non-hydrogen) atoms. The standard InChI is InChI=1S/C68H47N/c1-4-15-51(16-5-1)64-45-38-58(47-67(64)54-19-8-3-9-20-54)50-33-41-60(42-34-50)69(59-39-31-49(32-40-59)48-27-29-56(30-28-48)63-26-14-23-52-21-10-12-24-62(52)63)61-43-35-57(36-44-61)68-65-25-13-11-22-55(65)37-46-66(68)53-17-6-2-7-18-53/h1-47H/i31D,32D,35D,36D,39D,40D,43D,44D. The van der Waals surface area contributed by atoms with E-state index in [4.69, 9.17) is 0 Å². The Balaban J connectivity index is 1.04. The Bertz CT molecular complexity index is 4160. The van der Waals surface area contributed by atoms with Crippen LogP contribution in [0.1, 0.15) is 11.0 Å². The van der Waals surface area contributed by atoms with Crippen LogP contribution in [0, 0.1) is 0 Å². The first-order chi connectivity index (χ1) is 37.6. The van der Waals surface area contributed by atoms with Crippen molar-refractivity contribution in [3.05, 3.63) is 285 Å². The molecule has 0 aromatic heterocycles. The quantitative estimate of drug-likeness (QED) is 0.132. The average molecular weight is 886 g/mol. The van der Waals surface area contributed by atoms with Crippen molar-refractivity contribution in [3.8, 4) is 77.9 Å². The SMILES string of the molecule is [2H]c1c([2H])c(N(c2ccc(-c3ccc(-c4ccccc4)c(-c4ccccc4)c3)cc2)c2c([2H])c([2H])c(-c3c(-c4ccccc4)ccc4ccccc34)c([2H])c2[2H])c([2H])c([2H])c1-c1ccc(-c2cccc3ccccc23)cc1. The van der Waals surface area contributed by atoms with Crippen molar-refractivity contribution in [2.24, 2.45) is 0 Å². The third-order valence-corrected chi connectivity index (χ3v) is 12.9. The molecule has 1 nitrogen and oxygen atoms in total. The van der Waals surface area contributed by atoms with Gasteiger partial charge in [-0.1, -0.05) is 243 Å².